The van der Waals surface area contributed by atoms with Gasteiger partial charge in [0.15, 0.2) is 0 Å². The van der Waals surface area contributed by atoms with Crippen LogP contribution in [0.1, 0.15) is 65.7 Å². The molecule has 17 heavy (non-hydrogen) atoms. The van der Waals surface area contributed by atoms with Crippen LogP contribution in [0.15, 0.2) is 0 Å². The Morgan fingerprint density at radius 2 is 1.82 bits per heavy atom. The molecule has 0 aromatic heterocycles. The summed E-state index contributed by atoms with van der Waals surface area (Å²) in [5, 5.41) is 3.11. The summed E-state index contributed by atoms with van der Waals surface area (Å²) in [4.78, 5) is 23.4. The minimum atomic E-state index is -0.116. The topological polar surface area (TPSA) is 46.2 Å². The van der Waals surface area contributed by atoms with Crippen molar-refractivity contribution in [3.05, 3.63) is 0 Å². The highest BCUT2D eigenvalue weighted by Gasteiger charge is 2.25. The van der Waals surface area contributed by atoms with E-state index in [-0.39, 0.29) is 17.4 Å². The molecule has 3 heteroatoms. The molecule has 0 spiro atoms. The molecule has 0 aromatic carbocycles. The maximum atomic E-state index is 12.1. The summed E-state index contributed by atoms with van der Waals surface area (Å²) in [5.41, 5.74) is -0.116. The van der Waals surface area contributed by atoms with E-state index in [9.17, 15) is 9.59 Å². The molecule has 0 unspecified atom stereocenters. The van der Waals surface area contributed by atoms with Gasteiger partial charge in [0.2, 0.25) is 5.91 Å². The lowest BCUT2D eigenvalue weighted by molar-refractivity contribution is -0.128. The predicted octanol–water partition coefficient (Wildman–Crippen LogP) is 2.83. The second-order valence-corrected chi connectivity index (χ2v) is 5.75. The molecule has 3 nitrogen and oxygen atoms in total. The lowest BCUT2D eigenvalue weighted by Gasteiger charge is -2.28. The van der Waals surface area contributed by atoms with E-state index in [0.717, 1.165) is 32.1 Å². The fourth-order valence-electron chi connectivity index (χ4n) is 2.15. The summed E-state index contributed by atoms with van der Waals surface area (Å²) in [6.07, 6.45) is 5.69. The maximum absolute atomic E-state index is 12.1. The van der Waals surface area contributed by atoms with Crippen molar-refractivity contribution >= 4 is 11.7 Å². The van der Waals surface area contributed by atoms with Gasteiger partial charge in [0.1, 0.15) is 5.78 Å². The molecule has 0 aliphatic heterocycles. The smallest absolute Gasteiger partial charge is 0.223 e. The first-order chi connectivity index (χ1) is 7.94. The van der Waals surface area contributed by atoms with Crippen molar-refractivity contribution in [2.45, 2.75) is 71.3 Å². The number of amides is 1. The summed E-state index contributed by atoms with van der Waals surface area (Å²) in [6.45, 7) is 6.19. The van der Waals surface area contributed by atoms with Gasteiger partial charge in [-0.05, 0) is 46.0 Å². The average Bonchev–Trinajstić information content (AvgIpc) is 2.22. The van der Waals surface area contributed by atoms with Crippen LogP contribution in [0, 0.1) is 5.92 Å². The summed E-state index contributed by atoms with van der Waals surface area (Å²) in [5.74, 6) is 0.637. The van der Waals surface area contributed by atoms with Crippen molar-refractivity contribution < 1.29 is 9.59 Å². The van der Waals surface area contributed by atoms with Gasteiger partial charge in [-0.3, -0.25) is 9.59 Å². The Morgan fingerprint density at radius 1 is 1.29 bits per heavy atom. The molecule has 1 aliphatic carbocycles. The van der Waals surface area contributed by atoms with Crippen LogP contribution in [0.3, 0.4) is 0 Å². The number of nitrogens with one attached hydrogen (secondary N) is 1. The Kier molecular flexibility index (Phi) is 5.16. The van der Waals surface area contributed by atoms with Crippen LogP contribution >= 0.6 is 0 Å². The molecule has 0 bridgehead atoms. The third-order valence-corrected chi connectivity index (χ3v) is 3.73. The Balaban J connectivity index is 2.48. The van der Waals surface area contributed by atoms with Gasteiger partial charge >= 0.3 is 0 Å². The Morgan fingerprint density at radius 3 is 2.29 bits per heavy atom. The van der Waals surface area contributed by atoms with E-state index in [1.165, 1.54) is 0 Å². The van der Waals surface area contributed by atoms with Crippen molar-refractivity contribution in [3.63, 3.8) is 0 Å². The highest BCUT2D eigenvalue weighted by Crippen LogP contribution is 2.22. The summed E-state index contributed by atoms with van der Waals surface area (Å²) < 4.78 is 0. The summed E-state index contributed by atoms with van der Waals surface area (Å²) in [7, 11) is 0. The normalized spacial score (nSPS) is 19.6. The van der Waals surface area contributed by atoms with E-state index in [4.69, 9.17) is 0 Å². The van der Waals surface area contributed by atoms with E-state index < -0.39 is 0 Å². The van der Waals surface area contributed by atoms with Gasteiger partial charge in [0, 0.05) is 24.3 Å². The molecular weight excluding hydrogens is 214 g/mol. The Hall–Kier alpha value is -0.860. The molecule has 1 amide bonds. The van der Waals surface area contributed by atoms with Crippen molar-refractivity contribution in [1.29, 1.82) is 0 Å². The van der Waals surface area contributed by atoms with E-state index in [1.807, 2.05) is 0 Å². The fourth-order valence-corrected chi connectivity index (χ4v) is 2.15. The lowest BCUT2D eigenvalue weighted by atomic mass is 9.89. The van der Waals surface area contributed by atoms with E-state index in [1.54, 1.807) is 0 Å². The minimum Gasteiger partial charge on any atom is -0.351 e. The molecule has 0 atom stereocenters. The number of hydrogen-bond acceptors (Lipinski definition) is 2. The number of Topliss-reactive ketones (excluding diaryl/α,β-unsaturated/α-hetero) is 1. The van der Waals surface area contributed by atoms with E-state index in [2.05, 4.69) is 26.1 Å². The molecule has 0 aromatic rings. The first-order valence-corrected chi connectivity index (χ1v) is 6.78. The Bertz CT molecular complexity index is 272. The largest absolute Gasteiger partial charge is 0.351 e. The third kappa shape index (κ3) is 4.88. The maximum Gasteiger partial charge on any atom is 0.223 e. The Labute approximate surface area is 104 Å². The molecule has 1 saturated carbocycles. The predicted molar refractivity (Wildman–Crippen MR) is 68.7 cm³/mol. The molecule has 98 valence electrons. The first-order valence-electron chi connectivity index (χ1n) is 6.78. The second-order valence-electron chi connectivity index (χ2n) is 5.75. The monoisotopic (exact) mass is 239 g/mol. The molecule has 0 saturated heterocycles. The van der Waals surface area contributed by atoms with Crippen LogP contribution in [0.2, 0.25) is 0 Å². The summed E-state index contributed by atoms with van der Waals surface area (Å²) >= 11 is 0. The van der Waals surface area contributed by atoms with E-state index in [0.29, 0.717) is 18.6 Å². The molecule has 0 radical (unpaired) electrons. The molecule has 1 rings (SSSR count). The van der Waals surface area contributed by atoms with Crippen LogP contribution in [-0.4, -0.2) is 17.2 Å². The molecule has 1 aliphatic rings. The van der Waals surface area contributed by atoms with Crippen molar-refractivity contribution in [1.82, 2.24) is 5.32 Å². The number of carbonyl (C=O) groups is 2. The lowest BCUT2D eigenvalue weighted by Crippen LogP contribution is -2.45. The molecule has 1 fully saturated rings. The number of rotatable bonds is 3. The molecular formula is C14H25NO2. The molecule has 1 N–H and O–H groups in total. The quantitative estimate of drug-likeness (QED) is 0.823. The van der Waals surface area contributed by atoms with Crippen LogP contribution in [0.4, 0.5) is 0 Å². The van der Waals surface area contributed by atoms with Gasteiger partial charge in [-0.25, -0.2) is 0 Å². The number of carbonyl (C=O) groups excluding carboxylic acids is 2. The number of ketones is 1. The van der Waals surface area contributed by atoms with E-state index >= 15 is 0 Å². The minimum absolute atomic E-state index is 0.105. The molecule has 0 heterocycles. The van der Waals surface area contributed by atoms with Gasteiger partial charge in [-0.2, -0.15) is 0 Å². The van der Waals surface area contributed by atoms with Crippen LogP contribution in [0.5, 0.6) is 0 Å². The SMILES string of the molecule is CCC(C)(C)NC(=O)C1CCCC(=O)CCC1. The van der Waals surface area contributed by atoms with Crippen molar-refractivity contribution in [2.75, 3.05) is 0 Å². The standard InChI is InChI=1S/C14H25NO2/c1-4-14(2,3)15-13(17)11-7-5-9-12(16)10-6-8-11/h11H,4-10H2,1-3H3,(H,15,17). The zero-order valence-electron chi connectivity index (χ0n) is 11.3. The summed E-state index contributed by atoms with van der Waals surface area (Å²) in [6, 6.07) is 0. The third-order valence-electron chi connectivity index (χ3n) is 3.73. The zero-order valence-corrected chi connectivity index (χ0v) is 11.3. The van der Waals surface area contributed by atoms with Gasteiger partial charge in [-0.1, -0.05) is 6.92 Å². The highest BCUT2D eigenvalue weighted by atomic mass is 16.2. The van der Waals surface area contributed by atoms with Crippen LogP contribution in [-0.2, 0) is 9.59 Å². The van der Waals surface area contributed by atoms with Gasteiger partial charge in [0.25, 0.3) is 0 Å². The van der Waals surface area contributed by atoms with Crippen LogP contribution < -0.4 is 5.32 Å². The zero-order chi connectivity index (χ0) is 12.9. The van der Waals surface area contributed by atoms with Crippen molar-refractivity contribution in [3.8, 4) is 0 Å². The van der Waals surface area contributed by atoms with Crippen molar-refractivity contribution in [2.24, 2.45) is 5.92 Å². The highest BCUT2D eigenvalue weighted by molar-refractivity contribution is 5.81. The first kappa shape index (κ1) is 14.2. The number of hydrogen-bond donors (Lipinski definition) is 1. The van der Waals surface area contributed by atoms with Crippen LogP contribution in [0.25, 0.3) is 0 Å². The van der Waals surface area contributed by atoms with Gasteiger partial charge < -0.3 is 5.32 Å². The van der Waals surface area contributed by atoms with Gasteiger partial charge in [-0.15, -0.1) is 0 Å². The fraction of sp³-hybridized carbons (Fsp3) is 0.857. The average molecular weight is 239 g/mol. The van der Waals surface area contributed by atoms with Gasteiger partial charge in [0.05, 0.1) is 0 Å². The second kappa shape index (κ2) is 6.18.